The highest BCUT2D eigenvalue weighted by atomic mass is 32.1. The van der Waals surface area contributed by atoms with Gasteiger partial charge in [0.2, 0.25) is 0 Å². The lowest BCUT2D eigenvalue weighted by Gasteiger charge is -2.24. The first-order valence-corrected chi connectivity index (χ1v) is 7.97. The van der Waals surface area contributed by atoms with Gasteiger partial charge >= 0.3 is 5.97 Å². The number of amides is 1. The van der Waals surface area contributed by atoms with Crippen LogP contribution in [0.15, 0.2) is 17.5 Å². The molecule has 0 aromatic carbocycles. The first kappa shape index (κ1) is 17.4. The monoisotopic (exact) mass is 309 g/mol. The highest BCUT2D eigenvalue weighted by Gasteiger charge is 2.18. The Kier molecular flexibility index (Phi) is 6.62. The molecule has 1 aromatic rings. The standard InChI is InChI=1S/C16H23NO3S/c1-10(2)14(11(3)4)8-17-16(20)12-7-13(21-9-12)5-6-15(18)19/h5-7,9-11,14H,8H2,1-4H3,(H,17,20)(H,18,19)/b6-5+. The van der Waals surface area contributed by atoms with Gasteiger partial charge in [-0.25, -0.2) is 4.79 Å². The fourth-order valence-electron chi connectivity index (χ4n) is 2.27. The van der Waals surface area contributed by atoms with Gasteiger partial charge in [-0.2, -0.15) is 0 Å². The van der Waals surface area contributed by atoms with Crippen molar-refractivity contribution in [1.82, 2.24) is 5.32 Å². The van der Waals surface area contributed by atoms with Crippen molar-refractivity contribution in [3.8, 4) is 0 Å². The molecule has 1 rings (SSSR count). The van der Waals surface area contributed by atoms with Gasteiger partial charge in [0.25, 0.3) is 5.91 Å². The zero-order valence-electron chi connectivity index (χ0n) is 12.9. The van der Waals surface area contributed by atoms with Crippen molar-refractivity contribution in [2.24, 2.45) is 17.8 Å². The van der Waals surface area contributed by atoms with E-state index in [1.807, 2.05) is 0 Å². The average molecular weight is 309 g/mol. The lowest BCUT2D eigenvalue weighted by Crippen LogP contribution is -2.33. The van der Waals surface area contributed by atoms with Crippen molar-refractivity contribution < 1.29 is 14.7 Å². The second-order valence-electron chi connectivity index (χ2n) is 5.77. The number of carboxylic acids is 1. The van der Waals surface area contributed by atoms with Gasteiger partial charge in [0.15, 0.2) is 0 Å². The van der Waals surface area contributed by atoms with E-state index in [0.717, 1.165) is 11.0 Å². The number of hydrogen-bond donors (Lipinski definition) is 2. The summed E-state index contributed by atoms with van der Waals surface area (Å²) in [7, 11) is 0. The van der Waals surface area contributed by atoms with E-state index in [4.69, 9.17) is 5.11 Å². The lowest BCUT2D eigenvalue weighted by atomic mass is 9.85. The largest absolute Gasteiger partial charge is 0.478 e. The summed E-state index contributed by atoms with van der Waals surface area (Å²) in [6, 6.07) is 1.71. The Morgan fingerprint density at radius 2 is 1.90 bits per heavy atom. The smallest absolute Gasteiger partial charge is 0.328 e. The second kappa shape index (κ2) is 7.98. The van der Waals surface area contributed by atoms with Crippen molar-refractivity contribution in [1.29, 1.82) is 0 Å². The van der Waals surface area contributed by atoms with Crippen LogP contribution in [0.4, 0.5) is 0 Å². The predicted molar refractivity (Wildman–Crippen MR) is 86.5 cm³/mol. The minimum absolute atomic E-state index is 0.104. The highest BCUT2D eigenvalue weighted by molar-refractivity contribution is 7.11. The molecule has 0 saturated carbocycles. The summed E-state index contributed by atoms with van der Waals surface area (Å²) in [5.74, 6) is 0.376. The summed E-state index contributed by atoms with van der Waals surface area (Å²) in [6.07, 6.45) is 2.57. The molecule has 5 heteroatoms. The van der Waals surface area contributed by atoms with Gasteiger partial charge < -0.3 is 10.4 Å². The van der Waals surface area contributed by atoms with Crippen molar-refractivity contribution in [3.05, 3.63) is 28.0 Å². The Labute approximate surface area is 129 Å². The molecule has 0 aliphatic rings. The van der Waals surface area contributed by atoms with Crippen molar-refractivity contribution in [3.63, 3.8) is 0 Å². The molecule has 0 radical (unpaired) electrons. The van der Waals surface area contributed by atoms with Crippen LogP contribution in [0.5, 0.6) is 0 Å². The molecule has 1 heterocycles. The number of aliphatic carboxylic acids is 1. The van der Waals surface area contributed by atoms with Gasteiger partial charge in [-0.15, -0.1) is 11.3 Å². The molecule has 0 aliphatic heterocycles. The number of carbonyl (C=O) groups is 2. The molecule has 0 fully saturated rings. The number of nitrogens with one attached hydrogen (secondary N) is 1. The molecule has 0 unspecified atom stereocenters. The molecule has 1 amide bonds. The van der Waals surface area contributed by atoms with Crippen LogP contribution >= 0.6 is 11.3 Å². The zero-order chi connectivity index (χ0) is 16.0. The number of carboxylic acid groups (broad SMARTS) is 1. The fraction of sp³-hybridized carbons (Fsp3) is 0.500. The van der Waals surface area contributed by atoms with Crippen LogP contribution in [0.2, 0.25) is 0 Å². The van der Waals surface area contributed by atoms with Gasteiger partial charge in [-0.3, -0.25) is 4.79 Å². The highest BCUT2D eigenvalue weighted by Crippen LogP contribution is 2.20. The van der Waals surface area contributed by atoms with Gasteiger partial charge in [0.05, 0.1) is 5.56 Å². The molecule has 0 atom stereocenters. The van der Waals surface area contributed by atoms with Gasteiger partial charge in [-0.05, 0) is 29.9 Å². The summed E-state index contributed by atoms with van der Waals surface area (Å²) in [5, 5.41) is 13.3. The summed E-state index contributed by atoms with van der Waals surface area (Å²) < 4.78 is 0. The normalized spacial score (nSPS) is 11.8. The van der Waals surface area contributed by atoms with E-state index in [-0.39, 0.29) is 5.91 Å². The van der Waals surface area contributed by atoms with Crippen molar-refractivity contribution >= 4 is 29.3 Å². The number of thiophene rings is 1. The van der Waals surface area contributed by atoms with Crippen molar-refractivity contribution in [2.75, 3.05) is 6.54 Å². The summed E-state index contributed by atoms with van der Waals surface area (Å²) in [4.78, 5) is 23.3. The summed E-state index contributed by atoms with van der Waals surface area (Å²) >= 11 is 1.36. The van der Waals surface area contributed by atoms with Crippen LogP contribution in [0, 0.1) is 17.8 Å². The van der Waals surface area contributed by atoms with E-state index < -0.39 is 5.97 Å². The first-order valence-electron chi connectivity index (χ1n) is 7.09. The summed E-state index contributed by atoms with van der Waals surface area (Å²) in [5.41, 5.74) is 0.580. The van der Waals surface area contributed by atoms with Crippen LogP contribution in [-0.4, -0.2) is 23.5 Å². The number of hydrogen-bond acceptors (Lipinski definition) is 3. The van der Waals surface area contributed by atoms with Crippen LogP contribution in [0.25, 0.3) is 6.08 Å². The van der Waals surface area contributed by atoms with Gasteiger partial charge in [0.1, 0.15) is 0 Å². The second-order valence-corrected chi connectivity index (χ2v) is 6.71. The Hall–Kier alpha value is -1.62. The quantitative estimate of drug-likeness (QED) is 0.758. The molecule has 2 N–H and O–H groups in total. The van der Waals surface area contributed by atoms with Gasteiger partial charge in [-0.1, -0.05) is 27.7 Å². The minimum atomic E-state index is -0.994. The van der Waals surface area contributed by atoms with Gasteiger partial charge in [0, 0.05) is 22.9 Å². The van der Waals surface area contributed by atoms with Crippen LogP contribution in [0.3, 0.4) is 0 Å². The average Bonchev–Trinajstić information content (AvgIpc) is 2.84. The lowest BCUT2D eigenvalue weighted by molar-refractivity contribution is -0.131. The first-order chi connectivity index (χ1) is 9.81. The third-order valence-electron chi connectivity index (χ3n) is 3.48. The SMILES string of the molecule is CC(C)C(CNC(=O)c1csc(/C=C/C(=O)O)c1)C(C)C. The molecule has 1 aromatic heterocycles. The van der Waals surface area contributed by atoms with E-state index in [2.05, 4.69) is 33.0 Å². The number of carbonyl (C=O) groups excluding carboxylic acids is 1. The molecule has 116 valence electrons. The molecular weight excluding hydrogens is 286 g/mol. The topological polar surface area (TPSA) is 66.4 Å². The van der Waals surface area contributed by atoms with E-state index in [0.29, 0.717) is 29.9 Å². The van der Waals surface area contributed by atoms with Crippen LogP contribution in [0.1, 0.15) is 42.9 Å². The maximum absolute atomic E-state index is 12.1. The number of rotatable bonds is 7. The molecule has 0 bridgehead atoms. The Morgan fingerprint density at radius 1 is 1.29 bits per heavy atom. The van der Waals surface area contributed by atoms with E-state index in [1.54, 1.807) is 11.4 Å². The molecular formula is C16H23NO3S. The van der Waals surface area contributed by atoms with Crippen LogP contribution < -0.4 is 5.32 Å². The zero-order valence-corrected chi connectivity index (χ0v) is 13.7. The van der Waals surface area contributed by atoms with E-state index in [9.17, 15) is 9.59 Å². The third kappa shape index (κ3) is 5.71. The predicted octanol–water partition coefficient (Wildman–Crippen LogP) is 3.50. The molecule has 0 spiro atoms. The molecule has 0 saturated heterocycles. The minimum Gasteiger partial charge on any atom is -0.478 e. The Balaban J connectivity index is 2.62. The van der Waals surface area contributed by atoms with Crippen LogP contribution in [-0.2, 0) is 4.79 Å². The fourth-order valence-corrected chi connectivity index (χ4v) is 3.05. The van der Waals surface area contributed by atoms with E-state index in [1.165, 1.54) is 17.4 Å². The summed E-state index contributed by atoms with van der Waals surface area (Å²) in [6.45, 7) is 9.31. The molecule has 0 aliphatic carbocycles. The molecule has 21 heavy (non-hydrogen) atoms. The molecule has 4 nitrogen and oxygen atoms in total. The Bertz CT molecular complexity index is 509. The third-order valence-corrected chi connectivity index (χ3v) is 4.38. The van der Waals surface area contributed by atoms with Crippen molar-refractivity contribution in [2.45, 2.75) is 27.7 Å². The maximum atomic E-state index is 12.1. The maximum Gasteiger partial charge on any atom is 0.328 e. The van der Waals surface area contributed by atoms with E-state index >= 15 is 0 Å². The Morgan fingerprint density at radius 3 is 2.43 bits per heavy atom.